The number of thiol groups is 1. The number of hydrogen-bond acceptors (Lipinski definition) is 6. The Kier molecular flexibility index (Phi) is 13.9. The molecule has 0 heterocycles. The zero-order valence-electron chi connectivity index (χ0n) is 24.4. The second-order valence-electron chi connectivity index (χ2n) is 10.7. The van der Waals surface area contributed by atoms with Gasteiger partial charge in [0, 0.05) is 18.0 Å². The number of ether oxygens (including phenoxy) is 2. The van der Waals surface area contributed by atoms with Gasteiger partial charge >= 0.3 is 6.09 Å². The average Bonchev–Trinajstić information content (AvgIpc) is 2.92. The van der Waals surface area contributed by atoms with Gasteiger partial charge in [-0.2, -0.15) is 12.6 Å². The molecule has 2 aromatic carbocycles. The molecule has 2 atom stereocenters. The molecule has 3 amide bonds. The summed E-state index contributed by atoms with van der Waals surface area (Å²) in [6.45, 7) is 7.78. The maximum atomic E-state index is 14.0. The quantitative estimate of drug-likeness (QED) is 0.170. The van der Waals surface area contributed by atoms with Crippen LogP contribution in [0.2, 0.25) is 0 Å². The molecule has 2 rings (SSSR count). The lowest BCUT2D eigenvalue weighted by molar-refractivity contribution is -0.140. The Balaban J connectivity index is 2.38. The van der Waals surface area contributed by atoms with Gasteiger partial charge in [-0.3, -0.25) is 9.59 Å². The van der Waals surface area contributed by atoms with Crippen molar-refractivity contribution in [1.29, 1.82) is 0 Å². The first kappa shape index (κ1) is 33.0. The van der Waals surface area contributed by atoms with Crippen molar-refractivity contribution in [3.8, 4) is 5.75 Å². The van der Waals surface area contributed by atoms with Gasteiger partial charge in [0.25, 0.3) is 5.91 Å². The summed E-state index contributed by atoms with van der Waals surface area (Å²) in [4.78, 5) is 42.0. The Morgan fingerprint density at radius 2 is 1.55 bits per heavy atom. The van der Waals surface area contributed by atoms with E-state index in [-0.39, 0.29) is 11.7 Å². The van der Waals surface area contributed by atoms with Crippen LogP contribution in [-0.2, 0) is 14.3 Å². The predicted molar refractivity (Wildman–Crippen MR) is 163 cm³/mol. The van der Waals surface area contributed by atoms with Crippen LogP contribution in [0.25, 0.3) is 0 Å². The summed E-state index contributed by atoms with van der Waals surface area (Å²) in [6, 6.07) is 14.3. The molecule has 8 nitrogen and oxygen atoms in total. The standard InChI is InChI=1S/C31H45N3O5S/c1-6-7-8-9-10-14-21-34(29(36)26(22-40)33-30(37)39-31(2,3)4)27(23-15-12-11-13-16-23)28(35)32-24-17-19-25(38-5)20-18-24/h11-13,15-20,26-27,40H,6-10,14,21-22H2,1-5H3,(H,32,35)(H,33,37). The highest BCUT2D eigenvalue weighted by molar-refractivity contribution is 7.80. The van der Waals surface area contributed by atoms with Gasteiger partial charge in [-0.25, -0.2) is 4.79 Å². The van der Waals surface area contributed by atoms with E-state index in [1.54, 1.807) is 57.0 Å². The largest absolute Gasteiger partial charge is 0.497 e. The summed E-state index contributed by atoms with van der Waals surface area (Å²) >= 11 is 4.36. The number of rotatable bonds is 15. The van der Waals surface area contributed by atoms with Crippen LogP contribution in [0.4, 0.5) is 10.5 Å². The molecule has 2 N–H and O–H groups in total. The minimum atomic E-state index is -0.974. The molecular weight excluding hydrogens is 526 g/mol. The van der Waals surface area contributed by atoms with Crippen LogP contribution in [0.5, 0.6) is 5.75 Å². The maximum Gasteiger partial charge on any atom is 0.408 e. The van der Waals surface area contributed by atoms with E-state index >= 15 is 0 Å². The van der Waals surface area contributed by atoms with Gasteiger partial charge in [0.1, 0.15) is 23.4 Å². The number of nitrogens with one attached hydrogen (secondary N) is 2. The number of unbranched alkanes of at least 4 members (excludes halogenated alkanes) is 5. The predicted octanol–water partition coefficient (Wildman–Crippen LogP) is 6.39. The number of carbonyl (C=O) groups is 3. The molecular formula is C31H45N3O5S. The third-order valence-corrected chi connectivity index (χ3v) is 6.61. The Hall–Kier alpha value is -3.20. The summed E-state index contributed by atoms with van der Waals surface area (Å²) < 4.78 is 10.6. The highest BCUT2D eigenvalue weighted by Gasteiger charge is 2.35. The molecule has 0 radical (unpaired) electrons. The molecule has 0 saturated carbocycles. The van der Waals surface area contributed by atoms with E-state index < -0.39 is 29.7 Å². The highest BCUT2D eigenvalue weighted by Crippen LogP contribution is 2.26. The molecule has 0 aliphatic heterocycles. The summed E-state index contributed by atoms with van der Waals surface area (Å²) in [6.07, 6.45) is 5.43. The molecule has 0 saturated heterocycles. The lowest BCUT2D eigenvalue weighted by atomic mass is 10.0. The van der Waals surface area contributed by atoms with Crippen LogP contribution in [-0.4, -0.2) is 53.9 Å². The van der Waals surface area contributed by atoms with E-state index in [1.807, 2.05) is 30.3 Å². The van der Waals surface area contributed by atoms with Crippen LogP contribution in [0.3, 0.4) is 0 Å². The Labute approximate surface area is 244 Å². The van der Waals surface area contributed by atoms with E-state index in [1.165, 1.54) is 6.42 Å². The fraction of sp³-hybridized carbons (Fsp3) is 0.516. The van der Waals surface area contributed by atoms with Gasteiger partial charge in [-0.15, -0.1) is 0 Å². The number of benzene rings is 2. The van der Waals surface area contributed by atoms with Gasteiger partial charge in [0.05, 0.1) is 7.11 Å². The van der Waals surface area contributed by atoms with Crippen molar-refractivity contribution in [3.05, 3.63) is 60.2 Å². The lowest BCUT2D eigenvalue weighted by Crippen LogP contribution is -2.53. The number of carbonyl (C=O) groups excluding carboxylic acids is 3. The fourth-order valence-electron chi connectivity index (χ4n) is 4.26. The van der Waals surface area contributed by atoms with E-state index in [4.69, 9.17) is 9.47 Å². The molecule has 0 spiro atoms. The second kappa shape index (κ2) is 16.8. The number of methoxy groups -OCH3 is 1. The SMILES string of the molecule is CCCCCCCCN(C(=O)C(CS)NC(=O)OC(C)(C)C)C(C(=O)Nc1ccc(OC)cc1)c1ccccc1. The van der Waals surface area contributed by atoms with Crippen LogP contribution in [0.1, 0.15) is 77.8 Å². The zero-order valence-corrected chi connectivity index (χ0v) is 25.3. The summed E-state index contributed by atoms with van der Waals surface area (Å²) in [5, 5.41) is 5.61. The monoisotopic (exact) mass is 571 g/mol. The summed E-state index contributed by atoms with van der Waals surface area (Å²) in [5.41, 5.74) is 0.524. The van der Waals surface area contributed by atoms with Crippen molar-refractivity contribution in [2.24, 2.45) is 0 Å². The van der Waals surface area contributed by atoms with Crippen molar-refractivity contribution in [1.82, 2.24) is 10.2 Å². The van der Waals surface area contributed by atoms with E-state index in [0.717, 1.165) is 32.1 Å². The number of anilines is 1. The maximum absolute atomic E-state index is 14.0. The molecule has 220 valence electrons. The highest BCUT2D eigenvalue weighted by atomic mass is 32.1. The third-order valence-electron chi connectivity index (χ3n) is 6.24. The van der Waals surface area contributed by atoms with Crippen molar-refractivity contribution in [2.45, 2.75) is 83.9 Å². The number of alkyl carbamates (subject to hydrolysis) is 1. The topological polar surface area (TPSA) is 97.0 Å². The molecule has 2 unspecified atom stereocenters. The van der Waals surface area contributed by atoms with Crippen LogP contribution in [0, 0.1) is 0 Å². The van der Waals surface area contributed by atoms with Crippen molar-refractivity contribution < 1.29 is 23.9 Å². The van der Waals surface area contributed by atoms with Crippen LogP contribution >= 0.6 is 12.6 Å². The molecule has 0 aromatic heterocycles. The zero-order chi connectivity index (χ0) is 29.5. The summed E-state index contributed by atoms with van der Waals surface area (Å²) in [5.74, 6) is -0.0338. The molecule has 2 aromatic rings. The lowest BCUT2D eigenvalue weighted by Gasteiger charge is -2.34. The fourth-order valence-corrected chi connectivity index (χ4v) is 4.51. The summed E-state index contributed by atoms with van der Waals surface area (Å²) in [7, 11) is 1.58. The van der Waals surface area contributed by atoms with Crippen molar-refractivity contribution in [3.63, 3.8) is 0 Å². The number of nitrogens with zero attached hydrogens (tertiary/aromatic N) is 1. The van der Waals surface area contributed by atoms with Crippen LogP contribution in [0.15, 0.2) is 54.6 Å². The number of amides is 3. The van der Waals surface area contributed by atoms with Crippen molar-refractivity contribution in [2.75, 3.05) is 24.7 Å². The minimum absolute atomic E-state index is 0.0483. The molecule has 0 aliphatic carbocycles. The second-order valence-corrected chi connectivity index (χ2v) is 11.1. The van der Waals surface area contributed by atoms with Gasteiger partial charge in [-0.1, -0.05) is 69.4 Å². The Morgan fingerprint density at radius 3 is 2.12 bits per heavy atom. The van der Waals surface area contributed by atoms with Crippen molar-refractivity contribution >= 4 is 36.2 Å². The third kappa shape index (κ3) is 11.1. The first-order chi connectivity index (χ1) is 19.1. The van der Waals surface area contributed by atoms with Gasteiger partial charge in [0.2, 0.25) is 5.91 Å². The molecule has 0 fully saturated rings. The Bertz CT molecular complexity index is 1060. The molecule has 0 bridgehead atoms. The van der Waals surface area contributed by atoms with E-state index in [2.05, 4.69) is 30.2 Å². The minimum Gasteiger partial charge on any atom is -0.497 e. The molecule has 0 aliphatic rings. The van der Waals surface area contributed by atoms with Gasteiger partial charge in [0.15, 0.2) is 0 Å². The normalized spacial score (nSPS) is 12.7. The van der Waals surface area contributed by atoms with E-state index in [0.29, 0.717) is 23.5 Å². The number of hydrogen-bond donors (Lipinski definition) is 3. The first-order valence-corrected chi connectivity index (χ1v) is 14.6. The van der Waals surface area contributed by atoms with Crippen LogP contribution < -0.4 is 15.4 Å². The average molecular weight is 572 g/mol. The van der Waals surface area contributed by atoms with Gasteiger partial charge < -0.3 is 25.0 Å². The van der Waals surface area contributed by atoms with Gasteiger partial charge in [-0.05, 0) is 57.0 Å². The Morgan fingerprint density at radius 1 is 0.925 bits per heavy atom. The molecule has 40 heavy (non-hydrogen) atoms. The molecule has 9 heteroatoms. The first-order valence-electron chi connectivity index (χ1n) is 14.0. The smallest absolute Gasteiger partial charge is 0.408 e. The van der Waals surface area contributed by atoms with E-state index in [9.17, 15) is 14.4 Å².